The summed E-state index contributed by atoms with van der Waals surface area (Å²) in [7, 11) is 0. The second-order valence-electron chi connectivity index (χ2n) is 5.95. The molecule has 0 aliphatic heterocycles. The number of hydrogen-bond donors (Lipinski definition) is 2. The van der Waals surface area contributed by atoms with Crippen LogP contribution in [-0.4, -0.2) is 10.9 Å². The number of carbonyl (C=O) groups is 1. The van der Waals surface area contributed by atoms with Crippen LogP contribution < -0.4 is 10.6 Å². The first-order valence-corrected chi connectivity index (χ1v) is 7.99. The molecule has 1 heterocycles. The lowest BCUT2D eigenvalue weighted by Crippen LogP contribution is -2.13. The van der Waals surface area contributed by atoms with Gasteiger partial charge >= 0.3 is 0 Å². The summed E-state index contributed by atoms with van der Waals surface area (Å²) in [5, 5.41) is 5.59. The third-order valence-corrected chi connectivity index (χ3v) is 3.85. The molecule has 0 unspecified atom stereocenters. The van der Waals surface area contributed by atoms with Crippen LogP contribution in [0.4, 0.5) is 26.0 Å². The first-order valence-electron chi connectivity index (χ1n) is 7.99. The van der Waals surface area contributed by atoms with E-state index in [1.807, 2.05) is 32.0 Å². The Bertz CT molecular complexity index is 973. The van der Waals surface area contributed by atoms with Gasteiger partial charge in [0, 0.05) is 23.5 Å². The van der Waals surface area contributed by atoms with Crippen LogP contribution >= 0.6 is 0 Å². The van der Waals surface area contributed by atoms with Crippen LogP contribution in [0.25, 0.3) is 0 Å². The summed E-state index contributed by atoms with van der Waals surface area (Å²) in [6.07, 6.45) is 1.49. The van der Waals surface area contributed by atoms with Gasteiger partial charge in [-0.05, 0) is 49.7 Å². The first-order chi connectivity index (χ1) is 12.4. The molecule has 4 nitrogen and oxygen atoms in total. The Morgan fingerprint density at radius 2 is 1.73 bits per heavy atom. The Labute approximate surface area is 149 Å². The van der Waals surface area contributed by atoms with Gasteiger partial charge in [0.25, 0.3) is 5.91 Å². The van der Waals surface area contributed by atoms with E-state index in [0.717, 1.165) is 28.9 Å². The predicted octanol–water partition coefficient (Wildman–Crippen LogP) is 4.97. The molecule has 0 radical (unpaired) electrons. The van der Waals surface area contributed by atoms with Gasteiger partial charge in [-0.15, -0.1) is 0 Å². The molecule has 0 saturated carbocycles. The van der Waals surface area contributed by atoms with E-state index < -0.39 is 17.5 Å². The van der Waals surface area contributed by atoms with E-state index >= 15 is 0 Å². The Kier molecular flexibility index (Phi) is 4.93. The summed E-state index contributed by atoms with van der Waals surface area (Å²) in [5.74, 6) is -1.56. The lowest BCUT2D eigenvalue weighted by Gasteiger charge is -2.11. The lowest BCUT2D eigenvalue weighted by molar-refractivity contribution is 0.102. The highest BCUT2D eigenvalue weighted by molar-refractivity contribution is 6.04. The topological polar surface area (TPSA) is 54.0 Å². The molecule has 0 aliphatic rings. The molecular formula is C20H17F2N3O. The molecule has 132 valence electrons. The molecule has 3 rings (SSSR count). The summed E-state index contributed by atoms with van der Waals surface area (Å²) >= 11 is 0. The van der Waals surface area contributed by atoms with Gasteiger partial charge in [-0.1, -0.05) is 17.7 Å². The molecule has 1 amide bonds. The zero-order valence-electron chi connectivity index (χ0n) is 14.3. The zero-order valence-corrected chi connectivity index (χ0v) is 14.3. The molecule has 1 aromatic heterocycles. The van der Waals surface area contributed by atoms with E-state index in [1.54, 1.807) is 6.07 Å². The van der Waals surface area contributed by atoms with Crippen molar-refractivity contribution in [2.24, 2.45) is 0 Å². The molecule has 6 heteroatoms. The Morgan fingerprint density at radius 1 is 0.962 bits per heavy atom. The van der Waals surface area contributed by atoms with Crippen LogP contribution in [0.3, 0.4) is 0 Å². The number of anilines is 3. The zero-order chi connectivity index (χ0) is 18.7. The number of nitrogens with one attached hydrogen (secondary N) is 2. The van der Waals surface area contributed by atoms with Crippen LogP contribution in [0.2, 0.25) is 0 Å². The third-order valence-electron chi connectivity index (χ3n) is 3.85. The standard InChI is InChI=1S/C20H17F2N3O/c1-12-3-5-17(13(2)9-12)24-19-10-14(7-8-23-19)20(26)25-18-6-4-15(21)11-16(18)22/h3-11H,1-2H3,(H,23,24)(H,25,26). The minimum atomic E-state index is -0.832. The van der Waals surface area contributed by atoms with Crippen molar-refractivity contribution in [3.05, 3.63) is 83.1 Å². The van der Waals surface area contributed by atoms with E-state index in [0.29, 0.717) is 11.4 Å². The van der Waals surface area contributed by atoms with Crippen molar-refractivity contribution >= 4 is 23.1 Å². The quantitative estimate of drug-likeness (QED) is 0.696. The molecule has 2 N–H and O–H groups in total. The molecule has 0 spiro atoms. The molecule has 0 fully saturated rings. The fraction of sp³-hybridized carbons (Fsp3) is 0.100. The van der Waals surface area contributed by atoms with Crippen molar-refractivity contribution in [2.75, 3.05) is 10.6 Å². The molecular weight excluding hydrogens is 336 g/mol. The average molecular weight is 353 g/mol. The number of carbonyl (C=O) groups excluding carboxylic acids is 1. The maximum Gasteiger partial charge on any atom is 0.255 e. The SMILES string of the molecule is Cc1ccc(Nc2cc(C(=O)Nc3ccc(F)cc3F)ccn2)c(C)c1. The predicted molar refractivity (Wildman–Crippen MR) is 97.7 cm³/mol. The van der Waals surface area contributed by atoms with E-state index in [9.17, 15) is 13.6 Å². The minimum Gasteiger partial charge on any atom is -0.340 e. The van der Waals surface area contributed by atoms with Crippen LogP contribution in [0.5, 0.6) is 0 Å². The number of amides is 1. The fourth-order valence-electron chi connectivity index (χ4n) is 2.52. The highest BCUT2D eigenvalue weighted by Crippen LogP contribution is 2.21. The molecule has 0 bridgehead atoms. The van der Waals surface area contributed by atoms with E-state index in [2.05, 4.69) is 15.6 Å². The number of nitrogens with zero attached hydrogens (tertiary/aromatic N) is 1. The van der Waals surface area contributed by atoms with E-state index in [4.69, 9.17) is 0 Å². The highest BCUT2D eigenvalue weighted by atomic mass is 19.1. The second kappa shape index (κ2) is 7.31. The van der Waals surface area contributed by atoms with Gasteiger partial charge in [-0.3, -0.25) is 4.79 Å². The number of hydrogen-bond acceptors (Lipinski definition) is 3. The molecule has 0 saturated heterocycles. The van der Waals surface area contributed by atoms with Crippen molar-refractivity contribution in [3.63, 3.8) is 0 Å². The number of pyridine rings is 1. The van der Waals surface area contributed by atoms with Gasteiger partial charge in [0.05, 0.1) is 5.69 Å². The third kappa shape index (κ3) is 4.03. The number of aromatic nitrogens is 1. The number of rotatable bonds is 4. The Hall–Kier alpha value is -3.28. The highest BCUT2D eigenvalue weighted by Gasteiger charge is 2.11. The Balaban J connectivity index is 1.79. The first kappa shape index (κ1) is 17.5. The largest absolute Gasteiger partial charge is 0.340 e. The molecule has 0 aliphatic carbocycles. The van der Waals surface area contributed by atoms with Gasteiger partial charge in [0.1, 0.15) is 17.5 Å². The van der Waals surface area contributed by atoms with Gasteiger partial charge in [0.15, 0.2) is 0 Å². The van der Waals surface area contributed by atoms with Crippen molar-refractivity contribution in [2.45, 2.75) is 13.8 Å². The van der Waals surface area contributed by atoms with Gasteiger partial charge in [-0.25, -0.2) is 13.8 Å². The van der Waals surface area contributed by atoms with E-state index in [1.165, 1.54) is 18.3 Å². The number of aryl methyl sites for hydroxylation is 2. The lowest BCUT2D eigenvalue weighted by atomic mass is 10.1. The molecule has 3 aromatic rings. The molecule has 2 aromatic carbocycles. The summed E-state index contributed by atoms with van der Waals surface area (Å²) in [6.45, 7) is 3.98. The fourth-order valence-corrected chi connectivity index (χ4v) is 2.52. The van der Waals surface area contributed by atoms with Gasteiger partial charge in [-0.2, -0.15) is 0 Å². The van der Waals surface area contributed by atoms with Crippen LogP contribution in [0.1, 0.15) is 21.5 Å². The van der Waals surface area contributed by atoms with Crippen molar-refractivity contribution < 1.29 is 13.6 Å². The smallest absolute Gasteiger partial charge is 0.255 e. The summed E-state index contributed by atoms with van der Waals surface area (Å²) in [4.78, 5) is 16.5. The van der Waals surface area contributed by atoms with Crippen LogP contribution in [0.15, 0.2) is 54.7 Å². The maximum absolute atomic E-state index is 13.7. The summed E-state index contributed by atoms with van der Waals surface area (Å²) < 4.78 is 26.6. The monoisotopic (exact) mass is 353 g/mol. The minimum absolute atomic E-state index is 0.0860. The van der Waals surface area contributed by atoms with Crippen molar-refractivity contribution in [1.82, 2.24) is 4.98 Å². The van der Waals surface area contributed by atoms with Gasteiger partial charge in [0.2, 0.25) is 0 Å². The molecule has 0 atom stereocenters. The molecule has 26 heavy (non-hydrogen) atoms. The normalized spacial score (nSPS) is 10.5. The average Bonchev–Trinajstić information content (AvgIpc) is 2.60. The number of benzene rings is 2. The summed E-state index contributed by atoms with van der Waals surface area (Å²) in [6, 6.07) is 12.0. The Morgan fingerprint density at radius 3 is 2.46 bits per heavy atom. The summed E-state index contributed by atoms with van der Waals surface area (Å²) in [5.41, 5.74) is 3.30. The van der Waals surface area contributed by atoms with E-state index in [-0.39, 0.29) is 5.69 Å². The van der Waals surface area contributed by atoms with Crippen LogP contribution in [0, 0.1) is 25.5 Å². The van der Waals surface area contributed by atoms with Crippen molar-refractivity contribution in [3.8, 4) is 0 Å². The maximum atomic E-state index is 13.7. The number of halogens is 2. The van der Waals surface area contributed by atoms with Crippen molar-refractivity contribution in [1.29, 1.82) is 0 Å². The second-order valence-corrected chi connectivity index (χ2v) is 5.95. The van der Waals surface area contributed by atoms with Gasteiger partial charge < -0.3 is 10.6 Å². The van der Waals surface area contributed by atoms with Crippen LogP contribution in [-0.2, 0) is 0 Å².